The monoisotopic (exact) mass is 299 g/mol. The normalized spacial score (nSPS) is 25.3. The molecule has 0 bridgehead atoms. The summed E-state index contributed by atoms with van der Waals surface area (Å²) >= 11 is 0. The van der Waals surface area contributed by atoms with E-state index in [4.69, 9.17) is 10.2 Å². The van der Waals surface area contributed by atoms with Crippen LogP contribution in [0.25, 0.3) is 11.1 Å². The molecule has 2 fully saturated rings. The number of hydrogen-bond acceptors (Lipinski definition) is 4. The van der Waals surface area contributed by atoms with Crippen molar-refractivity contribution in [3.63, 3.8) is 0 Å². The molecular formula is C17H21N3O2. The molecule has 2 saturated carbocycles. The Labute approximate surface area is 129 Å². The van der Waals surface area contributed by atoms with Crippen LogP contribution in [0.2, 0.25) is 0 Å². The van der Waals surface area contributed by atoms with Gasteiger partial charge in [0.15, 0.2) is 11.5 Å². The summed E-state index contributed by atoms with van der Waals surface area (Å²) in [7, 11) is 0. The summed E-state index contributed by atoms with van der Waals surface area (Å²) < 4.78 is 5.79. The lowest BCUT2D eigenvalue weighted by atomic mass is 9.85. The molecule has 0 saturated heterocycles. The Bertz CT molecular complexity index is 705. The van der Waals surface area contributed by atoms with Gasteiger partial charge in [0, 0.05) is 29.6 Å². The molecule has 1 heterocycles. The Kier molecular flexibility index (Phi) is 3.37. The third-order valence-corrected chi connectivity index (χ3v) is 4.68. The average Bonchev–Trinajstić information content (AvgIpc) is 3.27. The van der Waals surface area contributed by atoms with Crippen LogP contribution >= 0.6 is 0 Å². The summed E-state index contributed by atoms with van der Waals surface area (Å²) in [5.74, 6) is 1.42. The highest BCUT2D eigenvalue weighted by Gasteiger charge is 2.29. The van der Waals surface area contributed by atoms with Gasteiger partial charge in [0.05, 0.1) is 0 Å². The van der Waals surface area contributed by atoms with Gasteiger partial charge in [-0.05, 0) is 44.2 Å². The minimum atomic E-state index is 0.0243. The smallest absolute Gasteiger partial charge is 0.227 e. The van der Waals surface area contributed by atoms with Crippen molar-refractivity contribution in [2.75, 3.05) is 5.32 Å². The Morgan fingerprint density at radius 2 is 2.14 bits per heavy atom. The topological polar surface area (TPSA) is 81.2 Å². The molecule has 2 unspecified atom stereocenters. The van der Waals surface area contributed by atoms with E-state index in [0.717, 1.165) is 48.4 Å². The standard InChI is InChI=1S/C17H21N3O2/c18-12-3-1-2-11(8-12)16(21)19-13-6-7-14-15(9-13)22-17(20-14)10-4-5-10/h6-7,9-12H,1-5,8,18H2,(H,19,21). The molecule has 2 aliphatic rings. The summed E-state index contributed by atoms with van der Waals surface area (Å²) in [6.45, 7) is 0. The number of fused-ring (bicyclic) bond motifs is 1. The van der Waals surface area contributed by atoms with Crippen LogP contribution in [-0.2, 0) is 4.79 Å². The Balaban J connectivity index is 1.49. The van der Waals surface area contributed by atoms with Crippen molar-refractivity contribution in [1.29, 1.82) is 0 Å². The lowest BCUT2D eigenvalue weighted by molar-refractivity contribution is -0.120. The molecule has 2 atom stereocenters. The van der Waals surface area contributed by atoms with Gasteiger partial charge in [0.1, 0.15) is 5.52 Å². The fraction of sp³-hybridized carbons (Fsp3) is 0.529. The highest BCUT2D eigenvalue weighted by Crippen LogP contribution is 2.40. The predicted octanol–water partition coefficient (Wildman–Crippen LogP) is 3.16. The van der Waals surface area contributed by atoms with Crippen LogP contribution in [0.3, 0.4) is 0 Å². The number of benzene rings is 1. The number of oxazole rings is 1. The van der Waals surface area contributed by atoms with Crippen LogP contribution in [0.1, 0.15) is 50.3 Å². The van der Waals surface area contributed by atoms with Gasteiger partial charge >= 0.3 is 0 Å². The first kappa shape index (κ1) is 13.8. The Morgan fingerprint density at radius 3 is 2.91 bits per heavy atom. The van der Waals surface area contributed by atoms with Gasteiger partial charge < -0.3 is 15.5 Å². The summed E-state index contributed by atoms with van der Waals surface area (Å²) in [6.07, 6.45) is 6.09. The van der Waals surface area contributed by atoms with Gasteiger partial charge in [0.25, 0.3) is 0 Å². The molecule has 2 aliphatic carbocycles. The van der Waals surface area contributed by atoms with Crippen molar-refractivity contribution in [3.05, 3.63) is 24.1 Å². The zero-order chi connectivity index (χ0) is 15.1. The second-order valence-electron chi connectivity index (χ2n) is 6.62. The third-order valence-electron chi connectivity index (χ3n) is 4.68. The van der Waals surface area contributed by atoms with E-state index in [9.17, 15) is 4.79 Å². The largest absolute Gasteiger partial charge is 0.440 e. The van der Waals surface area contributed by atoms with Crippen molar-refractivity contribution >= 4 is 22.7 Å². The van der Waals surface area contributed by atoms with E-state index < -0.39 is 0 Å². The molecule has 2 aromatic rings. The minimum Gasteiger partial charge on any atom is -0.440 e. The maximum absolute atomic E-state index is 12.4. The molecule has 0 aliphatic heterocycles. The molecule has 5 nitrogen and oxygen atoms in total. The number of anilines is 1. The van der Waals surface area contributed by atoms with Crippen LogP contribution < -0.4 is 11.1 Å². The fourth-order valence-electron chi connectivity index (χ4n) is 3.24. The lowest BCUT2D eigenvalue weighted by Gasteiger charge is -2.25. The molecule has 22 heavy (non-hydrogen) atoms. The highest BCUT2D eigenvalue weighted by atomic mass is 16.3. The van der Waals surface area contributed by atoms with E-state index in [1.54, 1.807) is 0 Å². The van der Waals surface area contributed by atoms with Crippen LogP contribution in [0.15, 0.2) is 22.6 Å². The van der Waals surface area contributed by atoms with Gasteiger partial charge in [-0.3, -0.25) is 4.79 Å². The molecule has 4 rings (SSSR count). The molecular weight excluding hydrogens is 278 g/mol. The second-order valence-corrected chi connectivity index (χ2v) is 6.62. The molecule has 116 valence electrons. The van der Waals surface area contributed by atoms with Gasteiger partial charge in [-0.25, -0.2) is 4.98 Å². The van der Waals surface area contributed by atoms with Crippen LogP contribution in [0.5, 0.6) is 0 Å². The molecule has 1 aromatic heterocycles. The van der Waals surface area contributed by atoms with Gasteiger partial charge in [-0.2, -0.15) is 0 Å². The Hall–Kier alpha value is -1.88. The van der Waals surface area contributed by atoms with E-state index in [0.29, 0.717) is 5.92 Å². The maximum atomic E-state index is 12.4. The first-order valence-corrected chi connectivity index (χ1v) is 8.16. The highest BCUT2D eigenvalue weighted by molar-refractivity contribution is 5.94. The lowest BCUT2D eigenvalue weighted by Crippen LogP contribution is -2.34. The molecule has 0 spiro atoms. The number of nitrogens with one attached hydrogen (secondary N) is 1. The SMILES string of the molecule is NC1CCCC(C(=O)Nc2ccc3nc(C4CC4)oc3c2)C1. The van der Waals surface area contributed by atoms with E-state index in [1.807, 2.05) is 18.2 Å². The van der Waals surface area contributed by atoms with Gasteiger partial charge in [-0.15, -0.1) is 0 Å². The van der Waals surface area contributed by atoms with Crippen molar-refractivity contribution in [1.82, 2.24) is 4.98 Å². The van der Waals surface area contributed by atoms with E-state index >= 15 is 0 Å². The summed E-state index contributed by atoms with van der Waals surface area (Å²) in [4.78, 5) is 16.9. The van der Waals surface area contributed by atoms with E-state index in [1.165, 1.54) is 12.8 Å². The second kappa shape index (κ2) is 5.39. The van der Waals surface area contributed by atoms with Gasteiger partial charge in [-0.1, -0.05) is 6.42 Å². The zero-order valence-electron chi connectivity index (χ0n) is 12.5. The zero-order valence-corrected chi connectivity index (χ0v) is 12.5. The number of nitrogens with two attached hydrogens (primary N) is 1. The predicted molar refractivity (Wildman–Crippen MR) is 84.5 cm³/mol. The number of hydrogen-bond donors (Lipinski definition) is 2. The fourth-order valence-corrected chi connectivity index (χ4v) is 3.24. The van der Waals surface area contributed by atoms with Crippen molar-refractivity contribution in [3.8, 4) is 0 Å². The summed E-state index contributed by atoms with van der Waals surface area (Å²) in [6, 6.07) is 5.83. The van der Waals surface area contributed by atoms with Crippen LogP contribution in [0, 0.1) is 5.92 Å². The first-order chi connectivity index (χ1) is 10.7. The number of rotatable bonds is 3. The first-order valence-electron chi connectivity index (χ1n) is 8.16. The third kappa shape index (κ3) is 2.73. The quantitative estimate of drug-likeness (QED) is 0.912. The van der Waals surface area contributed by atoms with Crippen molar-refractivity contribution < 1.29 is 9.21 Å². The molecule has 3 N–H and O–H groups in total. The van der Waals surface area contributed by atoms with Crippen LogP contribution in [0.4, 0.5) is 5.69 Å². The average molecular weight is 299 g/mol. The number of nitrogens with zero attached hydrogens (tertiary/aromatic N) is 1. The van der Waals surface area contributed by atoms with Crippen molar-refractivity contribution in [2.24, 2.45) is 11.7 Å². The summed E-state index contributed by atoms with van der Waals surface area (Å²) in [5.41, 5.74) is 8.35. The number of carbonyl (C=O) groups excluding carboxylic acids is 1. The van der Waals surface area contributed by atoms with E-state index in [-0.39, 0.29) is 17.9 Å². The maximum Gasteiger partial charge on any atom is 0.227 e. The van der Waals surface area contributed by atoms with E-state index in [2.05, 4.69) is 10.3 Å². The summed E-state index contributed by atoms with van der Waals surface area (Å²) in [5, 5.41) is 3.00. The van der Waals surface area contributed by atoms with Crippen LogP contribution in [-0.4, -0.2) is 16.9 Å². The molecule has 1 aromatic carbocycles. The number of carbonyl (C=O) groups is 1. The molecule has 0 radical (unpaired) electrons. The van der Waals surface area contributed by atoms with Crippen molar-refractivity contribution in [2.45, 2.75) is 50.5 Å². The minimum absolute atomic E-state index is 0.0243. The number of aromatic nitrogens is 1. The number of amides is 1. The Morgan fingerprint density at radius 1 is 1.27 bits per heavy atom. The molecule has 5 heteroatoms. The molecule has 1 amide bonds. The van der Waals surface area contributed by atoms with Gasteiger partial charge in [0.2, 0.25) is 5.91 Å².